The van der Waals surface area contributed by atoms with Crippen molar-refractivity contribution < 1.29 is 4.79 Å². The van der Waals surface area contributed by atoms with Crippen molar-refractivity contribution in [2.45, 2.75) is 5.16 Å². The molecular formula is C15H14N6OS. The number of para-hydroxylation sites is 1. The first-order valence-corrected chi connectivity index (χ1v) is 7.81. The Kier molecular flexibility index (Phi) is 4.53. The zero-order chi connectivity index (χ0) is 16.1. The molecule has 0 saturated carbocycles. The number of pyridine rings is 1. The largest absolute Gasteiger partial charge is 0.335 e. The summed E-state index contributed by atoms with van der Waals surface area (Å²) in [5.41, 5.74) is 1.57. The van der Waals surface area contributed by atoms with Gasteiger partial charge < -0.3 is 11.2 Å². The fourth-order valence-corrected chi connectivity index (χ4v) is 2.58. The summed E-state index contributed by atoms with van der Waals surface area (Å²) in [7, 11) is 0. The first-order valence-electron chi connectivity index (χ1n) is 6.82. The molecule has 0 saturated heterocycles. The summed E-state index contributed by atoms with van der Waals surface area (Å²) < 4.78 is 1.37. The van der Waals surface area contributed by atoms with Crippen LogP contribution in [0.15, 0.2) is 60.0 Å². The Labute approximate surface area is 136 Å². The van der Waals surface area contributed by atoms with Crippen molar-refractivity contribution in [2.24, 2.45) is 0 Å². The number of anilines is 1. The van der Waals surface area contributed by atoms with Gasteiger partial charge in [-0.05, 0) is 24.3 Å². The Morgan fingerprint density at radius 3 is 2.61 bits per heavy atom. The summed E-state index contributed by atoms with van der Waals surface area (Å²) >= 11 is 1.23. The molecule has 2 heterocycles. The number of nitrogens with zero attached hydrogens (tertiary/aromatic N) is 4. The Hall–Kier alpha value is -2.87. The van der Waals surface area contributed by atoms with E-state index < -0.39 is 0 Å². The van der Waals surface area contributed by atoms with Crippen molar-refractivity contribution in [1.29, 1.82) is 0 Å². The highest BCUT2D eigenvalue weighted by Crippen LogP contribution is 2.21. The highest BCUT2D eigenvalue weighted by atomic mass is 32.2. The Bertz CT molecular complexity index is 790. The zero-order valence-corrected chi connectivity index (χ0v) is 12.9. The second-order valence-corrected chi connectivity index (χ2v) is 5.56. The molecule has 0 atom stereocenters. The fraction of sp³-hybridized carbons (Fsp3) is 0.0667. The highest BCUT2D eigenvalue weighted by molar-refractivity contribution is 7.99. The van der Waals surface area contributed by atoms with Gasteiger partial charge in [-0.25, -0.2) is 4.68 Å². The number of amides is 1. The van der Waals surface area contributed by atoms with Crippen molar-refractivity contribution in [3.8, 4) is 11.4 Å². The maximum Gasteiger partial charge on any atom is 0.234 e. The minimum atomic E-state index is -0.130. The van der Waals surface area contributed by atoms with Crippen LogP contribution in [0.5, 0.6) is 0 Å². The van der Waals surface area contributed by atoms with E-state index in [4.69, 9.17) is 5.84 Å². The van der Waals surface area contributed by atoms with Crippen LogP contribution in [0.1, 0.15) is 0 Å². The molecule has 7 nitrogen and oxygen atoms in total. The molecule has 0 fully saturated rings. The maximum atomic E-state index is 11.9. The topological polar surface area (TPSA) is 98.7 Å². The summed E-state index contributed by atoms with van der Waals surface area (Å²) in [6.45, 7) is 0. The van der Waals surface area contributed by atoms with Crippen molar-refractivity contribution in [3.05, 3.63) is 54.9 Å². The molecule has 3 aromatic rings. The van der Waals surface area contributed by atoms with Crippen LogP contribution >= 0.6 is 11.8 Å². The molecule has 2 aromatic heterocycles. The second-order valence-electron chi connectivity index (χ2n) is 4.61. The van der Waals surface area contributed by atoms with Gasteiger partial charge in [0, 0.05) is 23.6 Å². The number of rotatable bonds is 5. The van der Waals surface area contributed by atoms with E-state index in [0.29, 0.717) is 11.0 Å². The van der Waals surface area contributed by atoms with Gasteiger partial charge in [-0.1, -0.05) is 30.0 Å². The minimum Gasteiger partial charge on any atom is -0.335 e. The average molecular weight is 326 g/mol. The van der Waals surface area contributed by atoms with Crippen LogP contribution in [0.3, 0.4) is 0 Å². The third-order valence-corrected chi connectivity index (χ3v) is 3.94. The van der Waals surface area contributed by atoms with Crippen molar-refractivity contribution in [2.75, 3.05) is 16.9 Å². The predicted octanol–water partition coefficient (Wildman–Crippen LogP) is 1.78. The third-order valence-electron chi connectivity index (χ3n) is 2.99. The lowest BCUT2D eigenvalue weighted by atomic mass is 10.2. The number of hydrogen-bond donors (Lipinski definition) is 2. The minimum absolute atomic E-state index is 0.130. The quantitative estimate of drug-likeness (QED) is 0.548. The van der Waals surface area contributed by atoms with Crippen LogP contribution in [0.2, 0.25) is 0 Å². The van der Waals surface area contributed by atoms with E-state index in [1.165, 1.54) is 16.4 Å². The van der Waals surface area contributed by atoms with E-state index >= 15 is 0 Å². The van der Waals surface area contributed by atoms with Gasteiger partial charge >= 0.3 is 0 Å². The monoisotopic (exact) mass is 326 g/mol. The van der Waals surface area contributed by atoms with E-state index in [1.807, 2.05) is 30.3 Å². The lowest BCUT2D eigenvalue weighted by molar-refractivity contribution is -0.113. The Balaban J connectivity index is 1.63. The summed E-state index contributed by atoms with van der Waals surface area (Å²) in [6.07, 6.45) is 3.31. The smallest absolute Gasteiger partial charge is 0.234 e. The molecular weight excluding hydrogens is 312 g/mol. The summed E-state index contributed by atoms with van der Waals surface area (Å²) in [6, 6.07) is 12.9. The van der Waals surface area contributed by atoms with Crippen LogP contribution < -0.4 is 11.2 Å². The van der Waals surface area contributed by atoms with Gasteiger partial charge in [0.25, 0.3) is 0 Å². The molecule has 3 rings (SSSR count). The molecule has 0 aliphatic carbocycles. The first kappa shape index (κ1) is 15.0. The molecule has 0 spiro atoms. The van der Waals surface area contributed by atoms with Gasteiger partial charge in [-0.15, -0.1) is 10.2 Å². The lowest BCUT2D eigenvalue weighted by Crippen LogP contribution is -2.16. The molecule has 23 heavy (non-hydrogen) atoms. The van der Waals surface area contributed by atoms with Gasteiger partial charge in [0.05, 0.1) is 5.75 Å². The van der Waals surface area contributed by atoms with E-state index in [2.05, 4.69) is 20.5 Å². The van der Waals surface area contributed by atoms with Gasteiger partial charge in [0.2, 0.25) is 11.1 Å². The Morgan fingerprint density at radius 1 is 1.13 bits per heavy atom. The Morgan fingerprint density at radius 2 is 1.87 bits per heavy atom. The summed E-state index contributed by atoms with van der Waals surface area (Å²) in [4.78, 5) is 15.9. The summed E-state index contributed by atoms with van der Waals surface area (Å²) in [5.74, 6) is 6.58. The molecule has 0 aliphatic rings. The molecule has 0 aliphatic heterocycles. The number of thioether (sulfide) groups is 1. The molecule has 116 valence electrons. The van der Waals surface area contributed by atoms with Gasteiger partial charge in [0.1, 0.15) is 0 Å². The van der Waals surface area contributed by atoms with Crippen molar-refractivity contribution in [1.82, 2.24) is 19.9 Å². The number of carbonyl (C=O) groups is 1. The molecule has 0 unspecified atom stereocenters. The van der Waals surface area contributed by atoms with E-state index in [9.17, 15) is 4.79 Å². The fourth-order valence-electron chi connectivity index (χ4n) is 1.92. The van der Waals surface area contributed by atoms with Crippen molar-refractivity contribution >= 4 is 23.4 Å². The number of hydrogen-bond acceptors (Lipinski definition) is 6. The standard InChI is InChI=1S/C15H14N6OS/c16-21-14(11-6-8-17-9-7-11)19-20-15(21)23-10-13(22)18-12-4-2-1-3-5-12/h1-9H,10,16H2,(H,18,22). The molecule has 1 aromatic carbocycles. The SMILES string of the molecule is Nn1c(SCC(=O)Nc2ccccc2)nnc1-c1ccncc1. The van der Waals surface area contributed by atoms with Crippen LogP contribution in [0.4, 0.5) is 5.69 Å². The van der Waals surface area contributed by atoms with Crippen LogP contribution in [0.25, 0.3) is 11.4 Å². The number of benzene rings is 1. The maximum absolute atomic E-state index is 11.9. The number of aromatic nitrogens is 4. The zero-order valence-electron chi connectivity index (χ0n) is 12.1. The number of carbonyl (C=O) groups excluding carboxylic acids is 1. The third kappa shape index (κ3) is 3.67. The first-order chi connectivity index (χ1) is 11.2. The van der Waals surface area contributed by atoms with Crippen molar-refractivity contribution in [3.63, 3.8) is 0 Å². The van der Waals surface area contributed by atoms with Gasteiger partial charge in [-0.3, -0.25) is 9.78 Å². The number of nitrogens with one attached hydrogen (secondary N) is 1. The van der Waals surface area contributed by atoms with E-state index in [0.717, 1.165) is 11.3 Å². The van der Waals surface area contributed by atoms with Crippen LogP contribution in [0, 0.1) is 0 Å². The van der Waals surface area contributed by atoms with Crippen LogP contribution in [-0.2, 0) is 4.79 Å². The molecule has 0 radical (unpaired) electrons. The van der Waals surface area contributed by atoms with E-state index in [-0.39, 0.29) is 11.7 Å². The molecule has 0 bridgehead atoms. The normalized spacial score (nSPS) is 10.4. The lowest BCUT2D eigenvalue weighted by Gasteiger charge is -2.05. The second kappa shape index (κ2) is 6.93. The van der Waals surface area contributed by atoms with Gasteiger partial charge in [0.15, 0.2) is 5.82 Å². The van der Waals surface area contributed by atoms with Crippen LogP contribution in [-0.4, -0.2) is 31.5 Å². The average Bonchev–Trinajstić information content (AvgIpc) is 2.95. The number of nitrogen functional groups attached to an aromatic ring is 1. The molecule has 1 amide bonds. The predicted molar refractivity (Wildman–Crippen MR) is 89.2 cm³/mol. The number of nitrogens with two attached hydrogens (primary N) is 1. The molecule has 8 heteroatoms. The molecule has 3 N–H and O–H groups in total. The highest BCUT2D eigenvalue weighted by Gasteiger charge is 2.13. The van der Waals surface area contributed by atoms with Gasteiger partial charge in [-0.2, -0.15) is 0 Å². The van der Waals surface area contributed by atoms with E-state index in [1.54, 1.807) is 24.5 Å². The summed E-state index contributed by atoms with van der Waals surface area (Å²) in [5, 5.41) is 11.4.